The van der Waals surface area contributed by atoms with E-state index in [0.29, 0.717) is 5.92 Å². The minimum atomic E-state index is 0.576. The molecule has 1 atom stereocenters. The van der Waals surface area contributed by atoms with Crippen molar-refractivity contribution in [1.29, 1.82) is 0 Å². The summed E-state index contributed by atoms with van der Waals surface area (Å²) in [7, 11) is 1.71. The highest BCUT2D eigenvalue weighted by Gasteiger charge is 2.12. The molecular weight excluding hydrogens is 304 g/mol. The van der Waals surface area contributed by atoms with Gasteiger partial charge in [-0.25, -0.2) is 0 Å². The van der Waals surface area contributed by atoms with E-state index in [1.807, 2.05) is 24.3 Å². The van der Waals surface area contributed by atoms with E-state index in [4.69, 9.17) is 4.74 Å². The van der Waals surface area contributed by atoms with Gasteiger partial charge in [-0.1, -0.05) is 66.7 Å². The largest absolute Gasteiger partial charge is 0.497 e. The van der Waals surface area contributed by atoms with Crippen LogP contribution in [0.25, 0.3) is 0 Å². The first kappa shape index (κ1) is 17.3. The molecule has 0 amide bonds. The summed E-state index contributed by atoms with van der Waals surface area (Å²) in [6.07, 6.45) is 4.53. The molecule has 0 aliphatic heterocycles. The second kappa shape index (κ2) is 9.08. The van der Waals surface area contributed by atoms with E-state index in [1.165, 1.54) is 23.1 Å². The molecule has 1 heteroatoms. The zero-order valence-electron chi connectivity index (χ0n) is 14.8. The monoisotopic (exact) mass is 329 g/mol. The maximum absolute atomic E-state index is 5.25. The Morgan fingerprint density at radius 1 is 0.760 bits per heavy atom. The fourth-order valence-corrected chi connectivity index (χ4v) is 3.26. The van der Waals surface area contributed by atoms with E-state index in [9.17, 15) is 0 Å². The van der Waals surface area contributed by atoms with Gasteiger partial charge < -0.3 is 4.74 Å². The number of benzene rings is 3. The van der Waals surface area contributed by atoms with Crippen molar-refractivity contribution in [3.05, 3.63) is 102 Å². The Morgan fingerprint density at radius 2 is 1.36 bits per heavy atom. The summed E-state index contributed by atoms with van der Waals surface area (Å²) in [6, 6.07) is 30.8. The average molecular weight is 329 g/mol. The molecule has 0 aromatic heterocycles. The molecule has 0 aliphatic carbocycles. The van der Waals surface area contributed by atoms with Crippen LogP contribution in [0.1, 0.15) is 35.4 Å². The van der Waals surface area contributed by atoms with Crippen LogP contribution in [0.2, 0.25) is 0 Å². The summed E-state index contributed by atoms with van der Waals surface area (Å²) in [5, 5.41) is 0. The van der Waals surface area contributed by atoms with E-state index in [0.717, 1.165) is 25.0 Å². The molecule has 0 bridgehead atoms. The van der Waals surface area contributed by atoms with Crippen LogP contribution in [0.4, 0.5) is 0 Å². The zero-order chi connectivity index (χ0) is 17.3. The van der Waals surface area contributed by atoms with Crippen molar-refractivity contribution in [3.63, 3.8) is 0 Å². The Morgan fingerprint density at radius 3 is 1.96 bits per heavy atom. The lowest BCUT2D eigenvalue weighted by atomic mass is 9.87. The van der Waals surface area contributed by atoms with Crippen molar-refractivity contribution < 1.29 is 4.74 Å². The van der Waals surface area contributed by atoms with Crippen molar-refractivity contribution in [2.75, 3.05) is 7.11 Å². The van der Waals surface area contributed by atoms with Gasteiger partial charge in [0.15, 0.2) is 0 Å². The van der Waals surface area contributed by atoms with Crippen LogP contribution >= 0.6 is 0 Å². The summed E-state index contributed by atoms with van der Waals surface area (Å²) in [4.78, 5) is 0. The maximum atomic E-state index is 5.25. The summed E-state index contributed by atoms with van der Waals surface area (Å²) >= 11 is 0. The van der Waals surface area contributed by atoms with Crippen LogP contribution in [0, 0.1) is 6.07 Å². The van der Waals surface area contributed by atoms with Crippen molar-refractivity contribution in [2.24, 2.45) is 0 Å². The van der Waals surface area contributed by atoms with Crippen molar-refractivity contribution >= 4 is 0 Å². The van der Waals surface area contributed by atoms with Crippen molar-refractivity contribution in [1.82, 2.24) is 0 Å². The third kappa shape index (κ3) is 5.22. The minimum Gasteiger partial charge on any atom is -0.497 e. The maximum Gasteiger partial charge on any atom is 0.118 e. The first-order valence-electron chi connectivity index (χ1n) is 8.98. The van der Waals surface area contributed by atoms with Gasteiger partial charge in [0.1, 0.15) is 5.75 Å². The summed E-state index contributed by atoms with van der Waals surface area (Å²) in [6.45, 7) is 0. The molecule has 3 rings (SSSR count). The fraction of sp³-hybridized carbons (Fsp3) is 0.250. The first-order chi connectivity index (χ1) is 12.3. The number of aryl methyl sites for hydroxylation is 2. The lowest BCUT2D eigenvalue weighted by Crippen LogP contribution is -2.03. The Kier molecular flexibility index (Phi) is 6.28. The van der Waals surface area contributed by atoms with E-state index in [-0.39, 0.29) is 0 Å². The van der Waals surface area contributed by atoms with E-state index >= 15 is 0 Å². The molecule has 1 unspecified atom stereocenters. The van der Waals surface area contributed by atoms with E-state index in [1.54, 1.807) is 7.11 Å². The van der Waals surface area contributed by atoms with Gasteiger partial charge in [0.25, 0.3) is 0 Å². The second-order valence-corrected chi connectivity index (χ2v) is 6.44. The highest BCUT2D eigenvalue weighted by Crippen LogP contribution is 2.27. The molecule has 0 saturated heterocycles. The molecule has 0 N–H and O–H groups in total. The summed E-state index contributed by atoms with van der Waals surface area (Å²) < 4.78 is 5.25. The Bertz CT molecular complexity index is 732. The quantitative estimate of drug-likeness (QED) is 0.504. The van der Waals surface area contributed by atoms with Gasteiger partial charge in [0.05, 0.1) is 7.11 Å². The van der Waals surface area contributed by atoms with Gasteiger partial charge in [0, 0.05) is 0 Å². The van der Waals surface area contributed by atoms with Crippen LogP contribution in [0.5, 0.6) is 5.75 Å². The van der Waals surface area contributed by atoms with Gasteiger partial charge in [-0.05, 0) is 66.5 Å². The number of rotatable bonds is 8. The topological polar surface area (TPSA) is 9.23 Å². The third-order valence-corrected chi connectivity index (χ3v) is 4.78. The van der Waals surface area contributed by atoms with Gasteiger partial charge in [-0.3, -0.25) is 0 Å². The Labute approximate surface area is 151 Å². The predicted octanol–water partition coefficient (Wildman–Crippen LogP) is 5.84. The smallest absolute Gasteiger partial charge is 0.118 e. The van der Waals surface area contributed by atoms with Crippen LogP contribution in [0.15, 0.2) is 78.9 Å². The molecule has 0 fully saturated rings. The van der Waals surface area contributed by atoms with Crippen molar-refractivity contribution in [2.45, 2.75) is 31.6 Å². The standard InChI is InChI=1S/C24H25O/c1-25-24-18-14-21(15-19-24)13-17-23(22-10-6-3-7-11-22)16-12-20-8-4-2-5-9-20/h3-11,14-15,18-19,23H,12-13,16-17H2,1H3. The second-order valence-electron chi connectivity index (χ2n) is 6.44. The van der Waals surface area contributed by atoms with Gasteiger partial charge in [-0.2, -0.15) is 0 Å². The number of hydrogen-bond donors (Lipinski definition) is 0. The molecule has 1 radical (unpaired) electrons. The molecule has 127 valence electrons. The molecule has 25 heavy (non-hydrogen) atoms. The zero-order valence-corrected chi connectivity index (χ0v) is 14.8. The van der Waals surface area contributed by atoms with Crippen LogP contribution in [0.3, 0.4) is 0 Å². The highest BCUT2D eigenvalue weighted by molar-refractivity contribution is 5.28. The molecular formula is C24H25O. The molecule has 0 spiro atoms. The van der Waals surface area contributed by atoms with Gasteiger partial charge >= 0.3 is 0 Å². The van der Waals surface area contributed by atoms with Gasteiger partial charge in [-0.15, -0.1) is 0 Å². The lowest BCUT2D eigenvalue weighted by molar-refractivity contribution is 0.414. The van der Waals surface area contributed by atoms with Crippen LogP contribution < -0.4 is 4.74 Å². The van der Waals surface area contributed by atoms with Crippen LogP contribution in [-0.4, -0.2) is 7.11 Å². The highest BCUT2D eigenvalue weighted by atomic mass is 16.5. The Balaban J connectivity index is 1.65. The molecule has 3 aromatic rings. The summed E-state index contributed by atoms with van der Waals surface area (Å²) in [5.41, 5.74) is 4.21. The average Bonchev–Trinajstić information content (AvgIpc) is 2.70. The molecule has 1 nitrogen and oxygen atoms in total. The minimum absolute atomic E-state index is 0.576. The number of ether oxygens (including phenoxy) is 1. The molecule has 0 heterocycles. The fourth-order valence-electron chi connectivity index (χ4n) is 3.26. The van der Waals surface area contributed by atoms with E-state index in [2.05, 4.69) is 60.7 Å². The molecule has 0 saturated carbocycles. The third-order valence-electron chi connectivity index (χ3n) is 4.78. The first-order valence-corrected chi connectivity index (χ1v) is 8.98. The predicted molar refractivity (Wildman–Crippen MR) is 104 cm³/mol. The van der Waals surface area contributed by atoms with Gasteiger partial charge in [0.2, 0.25) is 0 Å². The SMILES string of the molecule is COc1ccc(CCC(CCc2cc[c]cc2)c2ccccc2)cc1. The van der Waals surface area contributed by atoms with E-state index < -0.39 is 0 Å². The number of hydrogen-bond acceptors (Lipinski definition) is 1. The summed E-state index contributed by atoms with van der Waals surface area (Å²) in [5.74, 6) is 1.50. The Hall–Kier alpha value is -2.54. The molecule has 3 aromatic carbocycles. The number of methoxy groups -OCH3 is 1. The van der Waals surface area contributed by atoms with Crippen molar-refractivity contribution in [3.8, 4) is 5.75 Å². The lowest BCUT2D eigenvalue weighted by Gasteiger charge is -2.18. The van der Waals surface area contributed by atoms with Crippen LogP contribution in [-0.2, 0) is 12.8 Å². The molecule has 0 aliphatic rings. The normalized spacial score (nSPS) is 11.9.